The Labute approximate surface area is 130 Å². The minimum absolute atomic E-state index is 0.127. The molecule has 1 aliphatic heterocycles. The van der Waals surface area contributed by atoms with Crippen LogP contribution in [-0.4, -0.2) is 38.5 Å². The quantitative estimate of drug-likeness (QED) is 0.736. The van der Waals surface area contributed by atoms with Crippen LogP contribution < -0.4 is 0 Å². The molecule has 1 aliphatic rings. The van der Waals surface area contributed by atoms with Crippen molar-refractivity contribution in [1.29, 1.82) is 0 Å². The van der Waals surface area contributed by atoms with E-state index >= 15 is 0 Å². The number of ketones is 1. The molecule has 0 atom stereocenters. The van der Waals surface area contributed by atoms with Crippen LogP contribution in [0.2, 0.25) is 0 Å². The van der Waals surface area contributed by atoms with E-state index in [0.29, 0.717) is 13.1 Å². The van der Waals surface area contributed by atoms with Crippen LogP contribution in [0.4, 0.5) is 0 Å². The fourth-order valence-corrected chi connectivity index (χ4v) is 4.93. The summed E-state index contributed by atoms with van der Waals surface area (Å²) in [5.74, 6) is 1.05. The minimum atomic E-state index is 0.127. The first kappa shape index (κ1) is 13.4. The second-order valence-electron chi connectivity index (χ2n) is 4.31. The van der Waals surface area contributed by atoms with Gasteiger partial charge in [-0.3, -0.25) is 9.69 Å². The highest BCUT2D eigenvalue weighted by Gasteiger charge is 2.21. The molecule has 0 saturated carbocycles. The van der Waals surface area contributed by atoms with E-state index in [2.05, 4.69) is 47.0 Å². The van der Waals surface area contributed by atoms with Crippen molar-refractivity contribution < 1.29 is 4.79 Å². The second-order valence-corrected chi connectivity index (χ2v) is 8.06. The van der Waals surface area contributed by atoms with Gasteiger partial charge in [0.1, 0.15) is 12.2 Å². The highest BCUT2D eigenvalue weighted by molar-refractivity contribution is 9.12. The van der Waals surface area contributed by atoms with Crippen molar-refractivity contribution >= 4 is 49.0 Å². The number of aromatic nitrogens is 3. The molecule has 0 spiro atoms. The number of hydrogen-bond acceptors (Lipinski definition) is 5. The first-order chi connectivity index (χ1) is 9.13. The maximum atomic E-state index is 12.3. The summed E-state index contributed by atoms with van der Waals surface area (Å²) in [5, 5.41) is 7.94. The van der Waals surface area contributed by atoms with Crippen molar-refractivity contribution in [3.63, 3.8) is 0 Å². The highest BCUT2D eigenvalue weighted by Crippen LogP contribution is 2.32. The van der Waals surface area contributed by atoms with Crippen LogP contribution in [0.5, 0.6) is 0 Å². The molecule has 0 saturated heterocycles. The highest BCUT2D eigenvalue weighted by atomic mass is 79.9. The SMILES string of the molecule is O=C(CN1CCn2cnnc2C1)c1cc(Br)sc1Br. The molecule has 0 unspecified atom stereocenters. The molecule has 3 rings (SSSR count). The van der Waals surface area contributed by atoms with E-state index in [1.165, 1.54) is 11.3 Å². The summed E-state index contributed by atoms with van der Waals surface area (Å²) in [4.78, 5) is 14.4. The standard InChI is InChI=1S/C11H10Br2N4OS/c12-9-3-7(11(13)19-9)8(18)4-16-1-2-17-6-14-15-10(17)5-16/h3,6H,1-2,4-5H2. The molecule has 0 bridgehead atoms. The smallest absolute Gasteiger partial charge is 0.178 e. The summed E-state index contributed by atoms with van der Waals surface area (Å²) in [6, 6.07) is 1.86. The third kappa shape index (κ3) is 2.81. The van der Waals surface area contributed by atoms with E-state index in [1.54, 1.807) is 6.33 Å². The lowest BCUT2D eigenvalue weighted by atomic mass is 10.2. The molecule has 0 amide bonds. The number of Topliss-reactive ketones (excluding diaryl/α,β-unsaturated/α-hetero) is 1. The summed E-state index contributed by atoms with van der Waals surface area (Å²) < 4.78 is 3.86. The van der Waals surface area contributed by atoms with Gasteiger partial charge in [-0.2, -0.15) is 0 Å². The summed E-state index contributed by atoms with van der Waals surface area (Å²) in [6.45, 7) is 2.77. The molecule has 3 heterocycles. The van der Waals surface area contributed by atoms with E-state index in [-0.39, 0.29) is 5.78 Å². The summed E-state index contributed by atoms with van der Waals surface area (Å²) >= 11 is 8.34. The number of hydrogen-bond donors (Lipinski definition) is 0. The molecule has 0 aromatic carbocycles. The third-order valence-corrected chi connectivity index (χ3v) is 5.38. The van der Waals surface area contributed by atoms with Crippen molar-refractivity contribution in [2.24, 2.45) is 0 Å². The monoisotopic (exact) mass is 404 g/mol. The normalized spacial score (nSPS) is 15.5. The molecule has 0 aliphatic carbocycles. The average molecular weight is 406 g/mol. The fourth-order valence-electron chi connectivity index (χ4n) is 2.07. The first-order valence-electron chi connectivity index (χ1n) is 5.70. The van der Waals surface area contributed by atoms with Crippen LogP contribution in [-0.2, 0) is 13.1 Å². The van der Waals surface area contributed by atoms with Crippen molar-refractivity contribution in [2.75, 3.05) is 13.1 Å². The topological polar surface area (TPSA) is 51.0 Å². The van der Waals surface area contributed by atoms with Crippen LogP contribution in [0.15, 0.2) is 20.0 Å². The Bertz CT molecular complexity index is 624. The fraction of sp³-hybridized carbons (Fsp3) is 0.364. The lowest BCUT2D eigenvalue weighted by molar-refractivity contribution is 0.0908. The Kier molecular flexibility index (Phi) is 3.84. The molecule has 0 radical (unpaired) electrons. The van der Waals surface area contributed by atoms with Crippen molar-refractivity contribution in [3.8, 4) is 0 Å². The van der Waals surface area contributed by atoms with E-state index in [0.717, 1.165) is 32.1 Å². The van der Waals surface area contributed by atoms with Crippen molar-refractivity contribution in [3.05, 3.63) is 31.4 Å². The van der Waals surface area contributed by atoms with E-state index in [4.69, 9.17) is 0 Å². The van der Waals surface area contributed by atoms with Crippen molar-refractivity contribution in [2.45, 2.75) is 13.1 Å². The molecular formula is C11H10Br2N4OS. The molecule has 0 fully saturated rings. The summed E-state index contributed by atoms with van der Waals surface area (Å²) in [5.41, 5.74) is 0.740. The van der Waals surface area contributed by atoms with Gasteiger partial charge in [0.2, 0.25) is 0 Å². The van der Waals surface area contributed by atoms with Crippen LogP contribution in [0.1, 0.15) is 16.2 Å². The van der Waals surface area contributed by atoms with Crippen molar-refractivity contribution in [1.82, 2.24) is 19.7 Å². The number of thiophene rings is 1. The Morgan fingerprint density at radius 2 is 2.26 bits per heavy atom. The van der Waals surface area contributed by atoms with Gasteiger partial charge < -0.3 is 4.57 Å². The Morgan fingerprint density at radius 3 is 3.00 bits per heavy atom. The van der Waals surface area contributed by atoms with Crippen LogP contribution in [0.3, 0.4) is 0 Å². The Morgan fingerprint density at radius 1 is 1.42 bits per heavy atom. The number of halogens is 2. The summed E-state index contributed by atoms with van der Waals surface area (Å²) in [6.07, 6.45) is 1.74. The number of carbonyl (C=O) groups is 1. The largest absolute Gasteiger partial charge is 0.315 e. The zero-order chi connectivity index (χ0) is 13.4. The maximum Gasteiger partial charge on any atom is 0.178 e. The molecule has 100 valence electrons. The zero-order valence-electron chi connectivity index (χ0n) is 9.84. The number of rotatable bonds is 3. The number of fused-ring (bicyclic) bond motifs is 1. The van der Waals surface area contributed by atoms with E-state index in [1.807, 2.05) is 10.6 Å². The first-order valence-corrected chi connectivity index (χ1v) is 8.11. The van der Waals surface area contributed by atoms with Gasteiger partial charge in [0.25, 0.3) is 0 Å². The van der Waals surface area contributed by atoms with Gasteiger partial charge >= 0.3 is 0 Å². The maximum absolute atomic E-state index is 12.3. The van der Waals surface area contributed by atoms with Gasteiger partial charge in [-0.1, -0.05) is 0 Å². The average Bonchev–Trinajstić information content (AvgIpc) is 2.94. The lowest BCUT2D eigenvalue weighted by Crippen LogP contribution is -2.37. The number of nitrogens with zero attached hydrogens (tertiary/aromatic N) is 4. The Balaban J connectivity index is 1.70. The van der Waals surface area contributed by atoms with Crippen LogP contribution >= 0.6 is 43.2 Å². The van der Waals surface area contributed by atoms with Gasteiger partial charge in [0, 0.05) is 18.7 Å². The second kappa shape index (κ2) is 5.43. The van der Waals surface area contributed by atoms with E-state index < -0.39 is 0 Å². The van der Waals surface area contributed by atoms with Gasteiger partial charge in [0.15, 0.2) is 5.78 Å². The minimum Gasteiger partial charge on any atom is -0.315 e. The molecule has 2 aromatic heterocycles. The zero-order valence-corrected chi connectivity index (χ0v) is 13.8. The van der Waals surface area contributed by atoms with Gasteiger partial charge in [-0.05, 0) is 37.9 Å². The molecule has 19 heavy (non-hydrogen) atoms. The van der Waals surface area contributed by atoms with Crippen LogP contribution in [0.25, 0.3) is 0 Å². The predicted octanol–water partition coefficient (Wildman–Crippen LogP) is 2.56. The van der Waals surface area contributed by atoms with E-state index in [9.17, 15) is 4.79 Å². The van der Waals surface area contributed by atoms with Gasteiger partial charge in [-0.25, -0.2) is 0 Å². The number of carbonyl (C=O) groups excluding carboxylic acids is 1. The van der Waals surface area contributed by atoms with Crippen LogP contribution in [0, 0.1) is 0 Å². The molecule has 8 heteroatoms. The predicted molar refractivity (Wildman–Crippen MR) is 79.3 cm³/mol. The van der Waals surface area contributed by atoms with Gasteiger partial charge in [0.05, 0.1) is 20.7 Å². The molecule has 2 aromatic rings. The molecule has 5 nitrogen and oxygen atoms in total. The van der Waals surface area contributed by atoms with Gasteiger partial charge in [-0.15, -0.1) is 21.5 Å². The molecular weight excluding hydrogens is 396 g/mol. The Hall–Kier alpha value is -0.570. The lowest BCUT2D eigenvalue weighted by Gasteiger charge is -2.25. The third-order valence-electron chi connectivity index (χ3n) is 3.04. The summed E-state index contributed by atoms with van der Waals surface area (Å²) in [7, 11) is 0. The molecule has 0 N–H and O–H groups in total.